The summed E-state index contributed by atoms with van der Waals surface area (Å²) in [6, 6.07) is 3.48. The largest absolute Gasteiger partial charge is 0.507 e. The van der Waals surface area contributed by atoms with Gasteiger partial charge in [-0.2, -0.15) is 0 Å². The minimum atomic E-state index is 0.120. The lowest BCUT2D eigenvalue weighted by Crippen LogP contribution is -2.21. The van der Waals surface area contributed by atoms with Crippen molar-refractivity contribution in [1.29, 1.82) is 0 Å². The Morgan fingerprint density at radius 2 is 1.68 bits per heavy atom. The molecular weight excluding hydrogens is 236 g/mol. The molecule has 2 heteroatoms. The molecule has 0 spiro atoms. The molecule has 0 aromatic heterocycles. The Labute approximate surface area is 115 Å². The maximum atomic E-state index is 10.2. The van der Waals surface area contributed by atoms with Gasteiger partial charge in [-0.1, -0.05) is 25.5 Å². The second kappa shape index (κ2) is 5.28. The van der Waals surface area contributed by atoms with Crippen molar-refractivity contribution in [2.75, 3.05) is 0 Å². The Morgan fingerprint density at radius 1 is 1.11 bits per heavy atom. The Morgan fingerprint density at radius 3 is 2.21 bits per heavy atom. The zero-order valence-electron chi connectivity index (χ0n) is 12.3. The van der Waals surface area contributed by atoms with Crippen LogP contribution in [0.5, 0.6) is 11.5 Å². The summed E-state index contributed by atoms with van der Waals surface area (Å²) in [6.07, 6.45) is 4.46. The van der Waals surface area contributed by atoms with Gasteiger partial charge in [0.15, 0.2) is 0 Å². The van der Waals surface area contributed by atoms with Gasteiger partial charge < -0.3 is 10.2 Å². The van der Waals surface area contributed by atoms with E-state index in [1.54, 1.807) is 12.1 Å². The Balaban J connectivity index is 2.51. The second-order valence-corrected chi connectivity index (χ2v) is 6.20. The number of benzene rings is 1. The number of aryl methyl sites for hydroxylation is 1. The molecule has 104 valence electrons. The highest BCUT2D eigenvalue weighted by Crippen LogP contribution is 2.46. The molecule has 1 aliphatic rings. The molecule has 2 atom stereocenters. The van der Waals surface area contributed by atoms with Crippen molar-refractivity contribution in [3.05, 3.63) is 34.9 Å². The first kappa shape index (κ1) is 14.0. The van der Waals surface area contributed by atoms with Gasteiger partial charge in [0.1, 0.15) is 11.5 Å². The molecule has 0 amide bonds. The smallest absolute Gasteiger partial charge is 0.123 e. The van der Waals surface area contributed by atoms with E-state index in [1.165, 1.54) is 5.57 Å². The molecule has 2 N–H and O–H groups in total. The van der Waals surface area contributed by atoms with E-state index in [0.717, 1.165) is 18.4 Å². The predicted octanol–water partition coefficient (Wildman–Crippen LogP) is 4.50. The molecule has 19 heavy (non-hydrogen) atoms. The zero-order valence-corrected chi connectivity index (χ0v) is 12.3. The van der Waals surface area contributed by atoms with Crippen LogP contribution in [0.25, 0.3) is 0 Å². The van der Waals surface area contributed by atoms with E-state index in [-0.39, 0.29) is 17.4 Å². The summed E-state index contributed by atoms with van der Waals surface area (Å²) in [5.41, 5.74) is 2.93. The first-order chi connectivity index (χ1) is 8.90. The fourth-order valence-corrected chi connectivity index (χ4v) is 3.23. The lowest BCUT2D eigenvalue weighted by Gasteiger charge is -2.33. The first-order valence-electron chi connectivity index (χ1n) is 7.10. The lowest BCUT2D eigenvalue weighted by molar-refractivity contribution is 0.304. The van der Waals surface area contributed by atoms with E-state index in [4.69, 9.17) is 0 Å². The lowest BCUT2D eigenvalue weighted by atomic mass is 9.71. The van der Waals surface area contributed by atoms with Crippen LogP contribution >= 0.6 is 0 Å². The van der Waals surface area contributed by atoms with Crippen LogP contribution in [0.4, 0.5) is 0 Å². The zero-order chi connectivity index (χ0) is 14.2. The molecule has 1 aromatic rings. The summed E-state index contributed by atoms with van der Waals surface area (Å²) in [6.45, 7) is 8.44. The average molecular weight is 260 g/mol. The molecule has 2 nitrogen and oxygen atoms in total. The quantitative estimate of drug-likeness (QED) is 0.768. The van der Waals surface area contributed by atoms with Gasteiger partial charge in [0.25, 0.3) is 0 Å². The van der Waals surface area contributed by atoms with E-state index in [2.05, 4.69) is 26.8 Å². The normalized spacial score (nSPS) is 23.5. The molecule has 1 aromatic carbocycles. The highest BCUT2D eigenvalue weighted by Gasteiger charge is 2.31. The fraction of sp³-hybridized carbons (Fsp3) is 0.529. The van der Waals surface area contributed by atoms with Crippen LogP contribution in [0.3, 0.4) is 0 Å². The third-order valence-electron chi connectivity index (χ3n) is 4.27. The standard InChI is InChI=1S/C17H24O2/c1-10(2)13-6-5-11(3)7-14(13)17-15(18)8-12(4)9-16(17)19/h7-10,13-14,18-19H,5-6H2,1-4H3. The minimum Gasteiger partial charge on any atom is -0.507 e. The highest BCUT2D eigenvalue weighted by atomic mass is 16.3. The van der Waals surface area contributed by atoms with Crippen LogP contribution in [0.15, 0.2) is 23.8 Å². The summed E-state index contributed by atoms with van der Waals surface area (Å²) in [5.74, 6) is 1.57. The van der Waals surface area contributed by atoms with Crippen LogP contribution in [0.2, 0.25) is 0 Å². The third kappa shape index (κ3) is 2.78. The molecule has 0 aliphatic heterocycles. The number of phenols is 2. The van der Waals surface area contributed by atoms with Gasteiger partial charge in [-0.15, -0.1) is 0 Å². The Bertz CT molecular complexity index is 477. The maximum Gasteiger partial charge on any atom is 0.123 e. The number of phenolic OH excluding ortho intramolecular Hbond substituents is 2. The van der Waals surface area contributed by atoms with Gasteiger partial charge in [0.05, 0.1) is 0 Å². The van der Waals surface area contributed by atoms with E-state index in [9.17, 15) is 10.2 Å². The topological polar surface area (TPSA) is 40.5 Å². The van der Waals surface area contributed by atoms with Crippen LogP contribution < -0.4 is 0 Å². The van der Waals surface area contributed by atoms with Crippen molar-refractivity contribution in [3.8, 4) is 11.5 Å². The van der Waals surface area contributed by atoms with Crippen molar-refractivity contribution in [2.45, 2.75) is 46.5 Å². The van der Waals surface area contributed by atoms with Crippen molar-refractivity contribution in [1.82, 2.24) is 0 Å². The van der Waals surface area contributed by atoms with Crippen LogP contribution in [0.1, 0.15) is 50.7 Å². The predicted molar refractivity (Wildman–Crippen MR) is 78.6 cm³/mol. The van der Waals surface area contributed by atoms with Crippen molar-refractivity contribution >= 4 is 0 Å². The van der Waals surface area contributed by atoms with Gasteiger partial charge >= 0.3 is 0 Å². The van der Waals surface area contributed by atoms with E-state index < -0.39 is 0 Å². The molecule has 2 rings (SSSR count). The Kier molecular flexibility index (Phi) is 3.88. The maximum absolute atomic E-state index is 10.2. The number of allylic oxidation sites excluding steroid dienone is 2. The van der Waals surface area contributed by atoms with Crippen LogP contribution in [-0.2, 0) is 0 Å². The highest BCUT2D eigenvalue weighted by molar-refractivity contribution is 5.50. The van der Waals surface area contributed by atoms with Gasteiger partial charge in [0.2, 0.25) is 0 Å². The molecule has 0 radical (unpaired) electrons. The van der Waals surface area contributed by atoms with E-state index in [0.29, 0.717) is 17.4 Å². The van der Waals surface area contributed by atoms with Crippen LogP contribution in [-0.4, -0.2) is 10.2 Å². The molecule has 0 saturated heterocycles. The minimum absolute atomic E-state index is 0.120. The van der Waals surface area contributed by atoms with Gasteiger partial charge in [-0.05, 0) is 56.2 Å². The van der Waals surface area contributed by atoms with Crippen molar-refractivity contribution in [2.24, 2.45) is 11.8 Å². The van der Waals surface area contributed by atoms with Gasteiger partial charge in [-0.25, -0.2) is 0 Å². The van der Waals surface area contributed by atoms with Gasteiger partial charge in [0, 0.05) is 11.5 Å². The number of rotatable bonds is 2. The van der Waals surface area contributed by atoms with E-state index >= 15 is 0 Å². The number of hydrogen-bond donors (Lipinski definition) is 2. The molecule has 0 bridgehead atoms. The van der Waals surface area contributed by atoms with Crippen molar-refractivity contribution in [3.63, 3.8) is 0 Å². The fourth-order valence-electron chi connectivity index (χ4n) is 3.23. The third-order valence-corrected chi connectivity index (χ3v) is 4.27. The molecule has 1 aliphatic carbocycles. The first-order valence-corrected chi connectivity index (χ1v) is 7.10. The van der Waals surface area contributed by atoms with E-state index in [1.807, 2.05) is 6.92 Å². The molecule has 2 unspecified atom stereocenters. The monoisotopic (exact) mass is 260 g/mol. The number of aromatic hydroxyl groups is 2. The molecule has 0 saturated carbocycles. The molecule has 0 heterocycles. The Hall–Kier alpha value is -1.44. The summed E-state index contributed by atoms with van der Waals surface area (Å²) < 4.78 is 0. The van der Waals surface area contributed by atoms with Crippen molar-refractivity contribution < 1.29 is 10.2 Å². The molecular formula is C17H24O2. The van der Waals surface area contributed by atoms with Gasteiger partial charge in [-0.3, -0.25) is 0 Å². The van der Waals surface area contributed by atoms with Crippen LogP contribution in [0, 0.1) is 18.8 Å². The average Bonchev–Trinajstić information content (AvgIpc) is 2.27. The molecule has 0 fully saturated rings. The number of hydrogen-bond acceptors (Lipinski definition) is 2. The second-order valence-electron chi connectivity index (χ2n) is 6.20. The summed E-state index contributed by atoms with van der Waals surface area (Å²) in [4.78, 5) is 0. The summed E-state index contributed by atoms with van der Waals surface area (Å²) >= 11 is 0. The SMILES string of the molecule is CC1=CC(c2c(O)cc(C)cc2O)C(C(C)C)CC1. The summed E-state index contributed by atoms with van der Waals surface area (Å²) in [7, 11) is 0. The summed E-state index contributed by atoms with van der Waals surface area (Å²) in [5, 5.41) is 20.4.